The molecule has 2 nitrogen and oxygen atoms in total. The summed E-state index contributed by atoms with van der Waals surface area (Å²) in [6, 6.07) is 7.07. The second kappa shape index (κ2) is 4.71. The van der Waals surface area contributed by atoms with Crippen molar-refractivity contribution in [2.45, 2.75) is 12.8 Å². The first-order valence-electron chi connectivity index (χ1n) is 5.38. The van der Waals surface area contributed by atoms with Crippen molar-refractivity contribution in [3.05, 3.63) is 46.6 Å². The summed E-state index contributed by atoms with van der Waals surface area (Å²) < 4.78 is 0. The molecule has 0 atom stereocenters. The summed E-state index contributed by atoms with van der Waals surface area (Å²) in [5.74, 6) is 0.0336. The average Bonchev–Trinajstić information content (AvgIpc) is 2.64. The van der Waals surface area contributed by atoms with Gasteiger partial charge in [-0.05, 0) is 25.0 Å². The van der Waals surface area contributed by atoms with E-state index in [1.54, 1.807) is 30.3 Å². The van der Waals surface area contributed by atoms with Crippen LogP contribution in [0.2, 0.25) is 5.02 Å². The van der Waals surface area contributed by atoms with Gasteiger partial charge in [0.2, 0.25) is 0 Å². The second-order valence-corrected chi connectivity index (χ2v) is 4.47. The fourth-order valence-corrected chi connectivity index (χ4v) is 2.08. The molecule has 1 saturated heterocycles. The number of hydrogen-bond donors (Lipinski definition) is 0. The molecule has 0 aliphatic carbocycles. The molecule has 0 amide bonds. The van der Waals surface area contributed by atoms with E-state index in [0.29, 0.717) is 10.6 Å². The van der Waals surface area contributed by atoms with Crippen molar-refractivity contribution in [1.82, 2.24) is 4.90 Å². The number of carbonyl (C=O) groups excluding carboxylic acids is 1. The Hall–Kier alpha value is -1.28. The van der Waals surface area contributed by atoms with Gasteiger partial charge < -0.3 is 4.90 Å². The predicted octanol–water partition coefficient (Wildman–Crippen LogP) is 3.13. The zero-order chi connectivity index (χ0) is 11.5. The Morgan fingerprint density at radius 3 is 2.94 bits per heavy atom. The number of allylic oxidation sites excluding steroid dienone is 2. The smallest absolute Gasteiger partial charge is 0.187 e. The minimum atomic E-state index is 0.0336. The molecule has 1 aliphatic heterocycles. The minimum Gasteiger partial charge on any atom is -0.378 e. The van der Waals surface area contributed by atoms with Crippen LogP contribution in [0.25, 0.3) is 0 Å². The quantitative estimate of drug-likeness (QED) is 0.580. The van der Waals surface area contributed by atoms with Crippen LogP contribution < -0.4 is 0 Å². The molecule has 0 bridgehead atoms. The lowest BCUT2D eigenvalue weighted by atomic mass is 10.1. The highest BCUT2D eigenvalue weighted by atomic mass is 35.5. The lowest BCUT2D eigenvalue weighted by Crippen LogP contribution is -2.11. The van der Waals surface area contributed by atoms with Crippen molar-refractivity contribution in [3.8, 4) is 0 Å². The first-order valence-corrected chi connectivity index (χ1v) is 5.76. The molecule has 2 rings (SSSR count). The number of benzene rings is 1. The third-order valence-corrected chi connectivity index (χ3v) is 3.06. The maximum absolute atomic E-state index is 11.9. The molecule has 0 saturated carbocycles. The van der Waals surface area contributed by atoms with E-state index in [0.717, 1.165) is 25.1 Å². The Kier molecular flexibility index (Phi) is 3.30. The molecule has 16 heavy (non-hydrogen) atoms. The zero-order valence-electron chi connectivity index (χ0n) is 9.24. The fourth-order valence-electron chi connectivity index (χ4n) is 1.89. The number of halogens is 1. The van der Waals surface area contributed by atoms with Crippen LogP contribution in [0.5, 0.6) is 0 Å². The summed E-state index contributed by atoms with van der Waals surface area (Å²) in [5.41, 5.74) is 1.77. The van der Waals surface area contributed by atoms with Crippen LogP contribution in [0.1, 0.15) is 23.2 Å². The van der Waals surface area contributed by atoms with Crippen LogP contribution in [-0.2, 0) is 0 Å². The van der Waals surface area contributed by atoms with Gasteiger partial charge in [-0.1, -0.05) is 23.7 Å². The maximum atomic E-state index is 11.9. The number of rotatable bonds is 2. The van der Waals surface area contributed by atoms with Crippen LogP contribution in [0.3, 0.4) is 0 Å². The molecule has 84 valence electrons. The van der Waals surface area contributed by atoms with Crippen molar-refractivity contribution >= 4 is 17.4 Å². The Balaban J connectivity index is 2.20. The van der Waals surface area contributed by atoms with Crippen LogP contribution >= 0.6 is 11.6 Å². The molecule has 0 aromatic heterocycles. The molecule has 0 spiro atoms. The van der Waals surface area contributed by atoms with Gasteiger partial charge in [-0.15, -0.1) is 0 Å². The predicted molar refractivity (Wildman–Crippen MR) is 65.7 cm³/mol. The molecule has 1 aromatic carbocycles. The monoisotopic (exact) mass is 235 g/mol. The lowest BCUT2D eigenvalue weighted by molar-refractivity contribution is 0.104. The van der Waals surface area contributed by atoms with Gasteiger partial charge in [0, 0.05) is 36.0 Å². The van der Waals surface area contributed by atoms with Gasteiger partial charge in [0.05, 0.1) is 0 Å². The molecule has 0 N–H and O–H groups in total. The number of nitrogens with zero attached hydrogens (tertiary/aromatic N) is 1. The average molecular weight is 236 g/mol. The Bertz CT molecular complexity index is 439. The molecular weight excluding hydrogens is 222 g/mol. The van der Waals surface area contributed by atoms with E-state index in [9.17, 15) is 4.79 Å². The molecular formula is C13H14ClNO. The molecule has 3 heteroatoms. The Labute approximate surface area is 101 Å². The van der Waals surface area contributed by atoms with E-state index in [2.05, 4.69) is 4.90 Å². The largest absolute Gasteiger partial charge is 0.378 e. The van der Waals surface area contributed by atoms with Crippen LogP contribution in [0.4, 0.5) is 0 Å². The summed E-state index contributed by atoms with van der Waals surface area (Å²) >= 11 is 5.85. The van der Waals surface area contributed by atoms with Gasteiger partial charge in [0.25, 0.3) is 0 Å². The molecule has 0 radical (unpaired) electrons. The highest BCUT2D eigenvalue weighted by molar-refractivity contribution is 6.31. The topological polar surface area (TPSA) is 20.3 Å². The highest BCUT2D eigenvalue weighted by Gasteiger charge is 2.14. The number of carbonyl (C=O) groups is 1. The Morgan fingerprint density at radius 2 is 2.31 bits per heavy atom. The van der Waals surface area contributed by atoms with Gasteiger partial charge >= 0.3 is 0 Å². The number of likely N-dealkylation sites (tertiary alicyclic amines) is 1. The van der Waals surface area contributed by atoms with Crippen LogP contribution in [0.15, 0.2) is 36.0 Å². The van der Waals surface area contributed by atoms with E-state index < -0.39 is 0 Å². The van der Waals surface area contributed by atoms with E-state index in [-0.39, 0.29) is 5.78 Å². The summed E-state index contributed by atoms with van der Waals surface area (Å²) in [4.78, 5) is 14.1. The lowest BCUT2D eigenvalue weighted by Gasteiger charge is -2.11. The maximum Gasteiger partial charge on any atom is 0.187 e. The van der Waals surface area contributed by atoms with Crippen molar-refractivity contribution in [3.63, 3.8) is 0 Å². The fraction of sp³-hybridized carbons (Fsp3) is 0.308. The first-order chi connectivity index (χ1) is 7.66. The van der Waals surface area contributed by atoms with Gasteiger partial charge in [-0.2, -0.15) is 0 Å². The van der Waals surface area contributed by atoms with Gasteiger partial charge in [0.15, 0.2) is 5.78 Å². The van der Waals surface area contributed by atoms with Crippen LogP contribution in [-0.4, -0.2) is 24.3 Å². The first kappa shape index (κ1) is 11.2. The molecule has 1 aliphatic rings. The standard InChI is InChI=1S/C13H14ClNO/c1-15-7-3-6-12(15)9-13(16)10-4-2-5-11(14)8-10/h2,4-5,8-9H,3,6-7H2,1H3. The van der Waals surface area contributed by atoms with Crippen LogP contribution in [0, 0.1) is 0 Å². The molecule has 1 heterocycles. The molecule has 1 aromatic rings. The SMILES string of the molecule is CN1CCCC1=CC(=O)c1cccc(Cl)c1. The van der Waals surface area contributed by atoms with Crippen molar-refractivity contribution in [2.75, 3.05) is 13.6 Å². The highest BCUT2D eigenvalue weighted by Crippen LogP contribution is 2.20. The van der Waals surface area contributed by atoms with Gasteiger partial charge in [-0.3, -0.25) is 4.79 Å². The summed E-state index contributed by atoms with van der Waals surface area (Å²) in [6.45, 7) is 1.04. The minimum absolute atomic E-state index is 0.0336. The van der Waals surface area contributed by atoms with E-state index in [4.69, 9.17) is 11.6 Å². The summed E-state index contributed by atoms with van der Waals surface area (Å²) in [7, 11) is 2.02. The number of hydrogen-bond acceptors (Lipinski definition) is 2. The van der Waals surface area contributed by atoms with E-state index in [1.165, 1.54) is 0 Å². The summed E-state index contributed by atoms with van der Waals surface area (Å²) in [5, 5.41) is 0.601. The van der Waals surface area contributed by atoms with E-state index in [1.807, 2.05) is 7.05 Å². The third kappa shape index (κ3) is 2.45. The van der Waals surface area contributed by atoms with Crippen molar-refractivity contribution in [1.29, 1.82) is 0 Å². The van der Waals surface area contributed by atoms with E-state index >= 15 is 0 Å². The van der Waals surface area contributed by atoms with Gasteiger partial charge in [0.1, 0.15) is 0 Å². The molecule has 0 unspecified atom stereocenters. The van der Waals surface area contributed by atoms with Crippen molar-refractivity contribution in [2.24, 2.45) is 0 Å². The van der Waals surface area contributed by atoms with Gasteiger partial charge in [-0.25, -0.2) is 0 Å². The van der Waals surface area contributed by atoms with Crippen molar-refractivity contribution < 1.29 is 4.79 Å². The second-order valence-electron chi connectivity index (χ2n) is 4.04. The normalized spacial score (nSPS) is 18.1. The third-order valence-electron chi connectivity index (χ3n) is 2.82. The zero-order valence-corrected chi connectivity index (χ0v) is 10.00. The number of ketones is 1. The Morgan fingerprint density at radius 1 is 1.50 bits per heavy atom. The molecule has 1 fully saturated rings. The summed E-state index contributed by atoms with van der Waals surface area (Å²) in [6.07, 6.45) is 3.84.